The van der Waals surface area contributed by atoms with Gasteiger partial charge in [-0.25, -0.2) is 4.79 Å². The van der Waals surface area contributed by atoms with E-state index in [-0.39, 0.29) is 18.0 Å². The number of benzene rings is 2. The number of carbonyl (C=O) groups is 2. The van der Waals surface area contributed by atoms with E-state index in [1.165, 1.54) is 12.8 Å². The number of halogens is 1. The number of hydrogen-bond donors (Lipinski definition) is 2. The number of likely N-dealkylation sites (tertiary alicyclic amines) is 1. The maximum atomic E-state index is 12.6. The summed E-state index contributed by atoms with van der Waals surface area (Å²) < 4.78 is 0. The van der Waals surface area contributed by atoms with Crippen molar-refractivity contribution in [2.75, 3.05) is 18.4 Å². The van der Waals surface area contributed by atoms with E-state index in [0.29, 0.717) is 16.3 Å². The Morgan fingerprint density at radius 1 is 0.929 bits per heavy atom. The molecule has 6 heteroatoms. The number of anilines is 1. The lowest BCUT2D eigenvalue weighted by Gasteiger charge is -2.20. The summed E-state index contributed by atoms with van der Waals surface area (Å²) in [6.45, 7) is 3.55. The summed E-state index contributed by atoms with van der Waals surface area (Å²) in [6.07, 6.45) is 4.51. The number of amides is 3. The predicted molar refractivity (Wildman–Crippen MR) is 113 cm³/mol. The highest BCUT2D eigenvalue weighted by Gasteiger charge is 2.17. The summed E-state index contributed by atoms with van der Waals surface area (Å²) in [4.78, 5) is 26.8. The van der Waals surface area contributed by atoms with Crippen molar-refractivity contribution in [2.24, 2.45) is 0 Å². The molecular weight excluding hydrogens is 374 g/mol. The first-order valence-electron chi connectivity index (χ1n) is 9.75. The lowest BCUT2D eigenvalue weighted by molar-refractivity contribution is 0.0761. The highest BCUT2D eigenvalue weighted by atomic mass is 35.5. The molecule has 148 valence electrons. The molecule has 0 aromatic heterocycles. The minimum absolute atomic E-state index is 0.0641. The number of urea groups is 1. The molecule has 1 saturated heterocycles. The third-order valence-electron chi connectivity index (χ3n) is 5.00. The third-order valence-corrected chi connectivity index (χ3v) is 5.25. The Bertz CT molecular complexity index is 798. The van der Waals surface area contributed by atoms with Crippen LogP contribution in [-0.4, -0.2) is 29.9 Å². The van der Waals surface area contributed by atoms with E-state index in [4.69, 9.17) is 11.6 Å². The number of nitrogens with zero attached hydrogens (tertiary/aromatic N) is 1. The molecule has 3 amide bonds. The second kappa shape index (κ2) is 9.60. The summed E-state index contributed by atoms with van der Waals surface area (Å²) >= 11 is 5.90. The van der Waals surface area contributed by atoms with Crippen LogP contribution in [0.4, 0.5) is 10.5 Å². The first-order chi connectivity index (χ1) is 13.5. The SMILES string of the molecule is CC(NC(=O)Nc1ccc(C(=O)N2CCCCCC2)cc1)c1ccc(Cl)cc1. The van der Waals surface area contributed by atoms with Gasteiger partial charge < -0.3 is 15.5 Å². The quantitative estimate of drug-likeness (QED) is 0.738. The predicted octanol–water partition coefficient (Wildman–Crippen LogP) is 5.24. The van der Waals surface area contributed by atoms with Crippen LogP contribution in [0, 0.1) is 0 Å². The van der Waals surface area contributed by atoms with E-state index in [1.807, 2.05) is 24.0 Å². The average Bonchev–Trinajstić information content (AvgIpc) is 2.98. The normalized spacial score (nSPS) is 15.4. The van der Waals surface area contributed by atoms with E-state index >= 15 is 0 Å². The van der Waals surface area contributed by atoms with Gasteiger partial charge in [0.1, 0.15) is 0 Å². The first-order valence-corrected chi connectivity index (χ1v) is 10.1. The summed E-state index contributed by atoms with van der Waals surface area (Å²) in [6, 6.07) is 14.0. The van der Waals surface area contributed by atoms with E-state index < -0.39 is 0 Å². The largest absolute Gasteiger partial charge is 0.339 e. The van der Waals surface area contributed by atoms with E-state index in [1.54, 1.807) is 36.4 Å². The van der Waals surface area contributed by atoms with Gasteiger partial charge in [-0.15, -0.1) is 0 Å². The Kier molecular flexibility index (Phi) is 6.93. The Labute approximate surface area is 171 Å². The van der Waals surface area contributed by atoms with E-state index in [2.05, 4.69) is 10.6 Å². The van der Waals surface area contributed by atoms with Crippen molar-refractivity contribution in [1.82, 2.24) is 10.2 Å². The topological polar surface area (TPSA) is 61.4 Å². The van der Waals surface area contributed by atoms with Crippen molar-refractivity contribution in [1.29, 1.82) is 0 Å². The van der Waals surface area contributed by atoms with E-state index in [0.717, 1.165) is 31.5 Å². The van der Waals surface area contributed by atoms with Gasteiger partial charge in [0.05, 0.1) is 6.04 Å². The lowest BCUT2D eigenvalue weighted by atomic mass is 10.1. The third kappa shape index (κ3) is 5.49. The minimum Gasteiger partial charge on any atom is -0.339 e. The van der Waals surface area contributed by atoms with Crippen LogP contribution in [0.3, 0.4) is 0 Å². The smallest absolute Gasteiger partial charge is 0.319 e. The Morgan fingerprint density at radius 2 is 1.54 bits per heavy atom. The van der Waals surface area contributed by atoms with Crippen LogP contribution in [0.5, 0.6) is 0 Å². The van der Waals surface area contributed by atoms with Crippen LogP contribution in [-0.2, 0) is 0 Å². The molecule has 0 aliphatic carbocycles. The molecular formula is C22H26ClN3O2. The molecule has 1 heterocycles. The zero-order chi connectivity index (χ0) is 19.9. The monoisotopic (exact) mass is 399 g/mol. The molecule has 2 N–H and O–H groups in total. The van der Waals surface area contributed by atoms with Gasteiger partial charge in [0.15, 0.2) is 0 Å². The van der Waals surface area contributed by atoms with Crippen molar-refractivity contribution in [2.45, 2.75) is 38.6 Å². The number of carbonyl (C=O) groups excluding carboxylic acids is 2. The molecule has 0 bridgehead atoms. The fourth-order valence-corrected chi connectivity index (χ4v) is 3.48. The van der Waals surface area contributed by atoms with Gasteiger partial charge in [-0.1, -0.05) is 36.6 Å². The van der Waals surface area contributed by atoms with Gasteiger partial charge in [0, 0.05) is 29.4 Å². The van der Waals surface area contributed by atoms with Gasteiger partial charge in [-0.3, -0.25) is 4.79 Å². The summed E-state index contributed by atoms with van der Waals surface area (Å²) in [5, 5.41) is 6.36. The highest BCUT2D eigenvalue weighted by molar-refractivity contribution is 6.30. The Morgan fingerprint density at radius 3 is 2.14 bits per heavy atom. The first kappa shape index (κ1) is 20.2. The van der Waals surface area contributed by atoms with Crippen molar-refractivity contribution >= 4 is 29.2 Å². The zero-order valence-corrected chi connectivity index (χ0v) is 16.8. The summed E-state index contributed by atoms with van der Waals surface area (Å²) in [5.74, 6) is 0.0641. The summed E-state index contributed by atoms with van der Waals surface area (Å²) in [7, 11) is 0. The molecule has 28 heavy (non-hydrogen) atoms. The second-order valence-corrected chi connectivity index (χ2v) is 7.59. The molecule has 2 aromatic carbocycles. The molecule has 1 aliphatic heterocycles. The average molecular weight is 400 g/mol. The van der Waals surface area contributed by atoms with Gasteiger partial charge in [0.2, 0.25) is 0 Å². The maximum absolute atomic E-state index is 12.6. The fraction of sp³-hybridized carbons (Fsp3) is 0.364. The van der Waals surface area contributed by atoms with Gasteiger partial charge >= 0.3 is 6.03 Å². The van der Waals surface area contributed by atoms with Crippen LogP contribution in [0.1, 0.15) is 54.6 Å². The van der Waals surface area contributed by atoms with Crippen LogP contribution in [0.25, 0.3) is 0 Å². The summed E-state index contributed by atoms with van der Waals surface area (Å²) in [5.41, 5.74) is 2.27. The fourth-order valence-electron chi connectivity index (χ4n) is 3.35. The highest BCUT2D eigenvalue weighted by Crippen LogP contribution is 2.18. The molecule has 1 unspecified atom stereocenters. The molecule has 0 spiro atoms. The second-order valence-electron chi connectivity index (χ2n) is 7.16. The lowest BCUT2D eigenvalue weighted by Crippen LogP contribution is -2.32. The van der Waals surface area contributed by atoms with Crippen molar-refractivity contribution < 1.29 is 9.59 Å². The van der Waals surface area contributed by atoms with Gasteiger partial charge in [-0.2, -0.15) is 0 Å². The Hall–Kier alpha value is -2.53. The molecule has 2 aromatic rings. The molecule has 0 saturated carbocycles. The molecule has 5 nitrogen and oxygen atoms in total. The van der Waals surface area contributed by atoms with Gasteiger partial charge in [0.25, 0.3) is 5.91 Å². The number of hydrogen-bond acceptors (Lipinski definition) is 2. The van der Waals surface area contributed by atoms with Crippen molar-refractivity contribution in [3.8, 4) is 0 Å². The van der Waals surface area contributed by atoms with Crippen molar-refractivity contribution in [3.05, 3.63) is 64.7 Å². The molecule has 0 radical (unpaired) electrons. The van der Waals surface area contributed by atoms with Crippen LogP contribution >= 0.6 is 11.6 Å². The molecule has 1 aliphatic rings. The van der Waals surface area contributed by atoms with Crippen LogP contribution in [0.2, 0.25) is 5.02 Å². The minimum atomic E-state index is -0.297. The number of rotatable bonds is 4. The van der Waals surface area contributed by atoms with Crippen molar-refractivity contribution in [3.63, 3.8) is 0 Å². The standard InChI is InChI=1S/C22H26ClN3O2/c1-16(17-6-10-19(23)11-7-17)24-22(28)25-20-12-8-18(9-13-20)21(27)26-14-4-2-3-5-15-26/h6-13,16H,2-5,14-15H2,1H3,(H2,24,25,28). The zero-order valence-electron chi connectivity index (χ0n) is 16.1. The van der Waals surface area contributed by atoms with Crippen LogP contribution < -0.4 is 10.6 Å². The molecule has 1 fully saturated rings. The maximum Gasteiger partial charge on any atom is 0.319 e. The van der Waals surface area contributed by atoms with Crippen LogP contribution in [0.15, 0.2) is 48.5 Å². The number of nitrogens with one attached hydrogen (secondary N) is 2. The molecule has 1 atom stereocenters. The van der Waals surface area contributed by atoms with Gasteiger partial charge in [-0.05, 0) is 61.7 Å². The Balaban J connectivity index is 1.55. The molecule has 3 rings (SSSR count). The van der Waals surface area contributed by atoms with E-state index in [9.17, 15) is 9.59 Å².